The van der Waals surface area contributed by atoms with Crippen LogP contribution in [0, 0.1) is 17.8 Å². The normalized spacial score (nSPS) is 27.2. The molecule has 0 heterocycles. The zero-order valence-corrected chi connectivity index (χ0v) is 10.9. The molecule has 0 bridgehead atoms. The Bertz CT molecular complexity index is 153. The van der Waals surface area contributed by atoms with Gasteiger partial charge in [-0.1, -0.05) is 40.0 Å². The van der Waals surface area contributed by atoms with E-state index in [1.165, 1.54) is 51.6 Å². The minimum Gasteiger partial charge on any atom is -0.316 e. The molecule has 0 saturated heterocycles. The SMILES string of the molecule is CC(C)CNCCCC1CCCC(C)C1. The fourth-order valence-electron chi connectivity index (χ4n) is 2.73. The summed E-state index contributed by atoms with van der Waals surface area (Å²) >= 11 is 0. The van der Waals surface area contributed by atoms with E-state index in [-0.39, 0.29) is 0 Å². The average molecular weight is 211 g/mol. The van der Waals surface area contributed by atoms with E-state index >= 15 is 0 Å². The Labute approximate surface area is 96.0 Å². The van der Waals surface area contributed by atoms with Crippen molar-refractivity contribution in [3.63, 3.8) is 0 Å². The molecule has 0 aliphatic heterocycles. The lowest BCUT2D eigenvalue weighted by atomic mass is 9.80. The summed E-state index contributed by atoms with van der Waals surface area (Å²) in [5, 5.41) is 3.54. The van der Waals surface area contributed by atoms with Crippen LogP contribution in [0.15, 0.2) is 0 Å². The van der Waals surface area contributed by atoms with Gasteiger partial charge in [-0.3, -0.25) is 0 Å². The largest absolute Gasteiger partial charge is 0.316 e. The van der Waals surface area contributed by atoms with Gasteiger partial charge in [-0.25, -0.2) is 0 Å². The highest BCUT2D eigenvalue weighted by molar-refractivity contribution is 4.70. The fraction of sp³-hybridized carbons (Fsp3) is 1.00. The molecule has 1 saturated carbocycles. The van der Waals surface area contributed by atoms with Crippen molar-refractivity contribution in [3.8, 4) is 0 Å². The third-order valence-electron chi connectivity index (χ3n) is 3.56. The van der Waals surface area contributed by atoms with Crippen molar-refractivity contribution < 1.29 is 0 Å². The molecule has 90 valence electrons. The maximum atomic E-state index is 3.54. The molecule has 0 amide bonds. The van der Waals surface area contributed by atoms with Gasteiger partial charge in [0, 0.05) is 0 Å². The minimum absolute atomic E-state index is 0.791. The van der Waals surface area contributed by atoms with Crippen LogP contribution in [0.5, 0.6) is 0 Å². The third kappa shape index (κ3) is 6.19. The first-order valence-electron chi connectivity index (χ1n) is 6.89. The molecule has 1 aliphatic rings. The highest BCUT2D eigenvalue weighted by atomic mass is 14.8. The molecule has 1 nitrogen and oxygen atoms in total. The van der Waals surface area contributed by atoms with Crippen LogP contribution < -0.4 is 5.32 Å². The molecule has 1 heteroatoms. The Hall–Kier alpha value is -0.0400. The molecule has 0 aromatic heterocycles. The lowest BCUT2D eigenvalue weighted by molar-refractivity contribution is 0.265. The third-order valence-corrected chi connectivity index (χ3v) is 3.56. The topological polar surface area (TPSA) is 12.0 Å². The predicted octanol–water partition coefficient (Wildman–Crippen LogP) is 3.84. The van der Waals surface area contributed by atoms with Crippen LogP contribution in [-0.4, -0.2) is 13.1 Å². The Morgan fingerprint density at radius 3 is 2.73 bits per heavy atom. The van der Waals surface area contributed by atoms with E-state index in [4.69, 9.17) is 0 Å². The van der Waals surface area contributed by atoms with Gasteiger partial charge in [0.15, 0.2) is 0 Å². The molecule has 2 atom stereocenters. The summed E-state index contributed by atoms with van der Waals surface area (Å²) < 4.78 is 0. The molecule has 1 N–H and O–H groups in total. The van der Waals surface area contributed by atoms with Crippen LogP contribution in [0.25, 0.3) is 0 Å². The molecular weight excluding hydrogens is 182 g/mol. The Kier molecular flexibility index (Phi) is 6.31. The highest BCUT2D eigenvalue weighted by Crippen LogP contribution is 2.31. The summed E-state index contributed by atoms with van der Waals surface area (Å²) in [7, 11) is 0. The van der Waals surface area contributed by atoms with Crippen LogP contribution in [0.2, 0.25) is 0 Å². The van der Waals surface area contributed by atoms with Crippen LogP contribution in [0.4, 0.5) is 0 Å². The Morgan fingerprint density at radius 2 is 2.07 bits per heavy atom. The quantitative estimate of drug-likeness (QED) is 0.658. The van der Waals surface area contributed by atoms with E-state index in [2.05, 4.69) is 26.1 Å². The first-order chi connectivity index (χ1) is 7.18. The summed E-state index contributed by atoms with van der Waals surface area (Å²) in [6, 6.07) is 0. The molecular formula is C14H29N. The molecule has 0 aromatic rings. The van der Waals surface area contributed by atoms with Crippen LogP contribution in [-0.2, 0) is 0 Å². The molecule has 0 aromatic carbocycles. The number of nitrogens with one attached hydrogen (secondary N) is 1. The zero-order valence-electron chi connectivity index (χ0n) is 10.9. The van der Waals surface area contributed by atoms with E-state index in [1.807, 2.05) is 0 Å². The van der Waals surface area contributed by atoms with Gasteiger partial charge < -0.3 is 5.32 Å². The Balaban J connectivity index is 1.95. The van der Waals surface area contributed by atoms with Gasteiger partial charge in [0.25, 0.3) is 0 Å². The van der Waals surface area contributed by atoms with Gasteiger partial charge in [0.2, 0.25) is 0 Å². The van der Waals surface area contributed by atoms with Crippen molar-refractivity contribution in [1.29, 1.82) is 0 Å². The lowest BCUT2D eigenvalue weighted by Gasteiger charge is -2.26. The van der Waals surface area contributed by atoms with E-state index in [0.717, 1.165) is 17.8 Å². The van der Waals surface area contributed by atoms with Crippen molar-refractivity contribution in [3.05, 3.63) is 0 Å². The van der Waals surface area contributed by atoms with Crippen molar-refractivity contribution in [2.75, 3.05) is 13.1 Å². The maximum Gasteiger partial charge on any atom is -0.00258 e. The van der Waals surface area contributed by atoms with E-state index < -0.39 is 0 Å². The summed E-state index contributed by atoms with van der Waals surface area (Å²) in [6.45, 7) is 9.37. The predicted molar refractivity (Wildman–Crippen MR) is 68.1 cm³/mol. The van der Waals surface area contributed by atoms with Crippen molar-refractivity contribution in [2.45, 2.75) is 59.3 Å². The highest BCUT2D eigenvalue weighted by Gasteiger charge is 2.17. The van der Waals surface area contributed by atoms with Crippen molar-refractivity contribution in [2.24, 2.45) is 17.8 Å². The number of rotatable bonds is 6. The molecule has 0 spiro atoms. The first-order valence-corrected chi connectivity index (χ1v) is 6.89. The standard InChI is InChI=1S/C14H29N/c1-12(2)11-15-9-5-8-14-7-4-6-13(3)10-14/h12-15H,4-11H2,1-3H3. The van der Waals surface area contributed by atoms with Gasteiger partial charge >= 0.3 is 0 Å². The summed E-state index contributed by atoms with van der Waals surface area (Å²) in [5.41, 5.74) is 0. The molecule has 2 unspecified atom stereocenters. The molecule has 15 heavy (non-hydrogen) atoms. The lowest BCUT2D eigenvalue weighted by Crippen LogP contribution is -2.22. The summed E-state index contributed by atoms with van der Waals surface area (Å²) in [5.74, 6) is 2.82. The Morgan fingerprint density at radius 1 is 1.27 bits per heavy atom. The van der Waals surface area contributed by atoms with E-state index in [0.29, 0.717) is 0 Å². The number of hydrogen-bond acceptors (Lipinski definition) is 1. The van der Waals surface area contributed by atoms with Gasteiger partial charge in [-0.05, 0) is 50.1 Å². The van der Waals surface area contributed by atoms with E-state index in [9.17, 15) is 0 Å². The molecule has 1 fully saturated rings. The van der Waals surface area contributed by atoms with Gasteiger partial charge in [0.05, 0.1) is 0 Å². The van der Waals surface area contributed by atoms with Crippen molar-refractivity contribution >= 4 is 0 Å². The van der Waals surface area contributed by atoms with Crippen LogP contribution in [0.1, 0.15) is 59.3 Å². The van der Waals surface area contributed by atoms with Gasteiger partial charge in [-0.15, -0.1) is 0 Å². The van der Waals surface area contributed by atoms with Gasteiger partial charge in [-0.2, -0.15) is 0 Å². The molecule has 1 aliphatic carbocycles. The molecule has 0 radical (unpaired) electrons. The fourth-order valence-corrected chi connectivity index (χ4v) is 2.73. The number of hydrogen-bond donors (Lipinski definition) is 1. The average Bonchev–Trinajstić information content (AvgIpc) is 2.17. The molecule has 1 rings (SSSR count). The second-order valence-electron chi connectivity index (χ2n) is 5.88. The second kappa shape index (κ2) is 7.27. The van der Waals surface area contributed by atoms with Gasteiger partial charge in [0.1, 0.15) is 0 Å². The van der Waals surface area contributed by atoms with Crippen LogP contribution in [0.3, 0.4) is 0 Å². The second-order valence-corrected chi connectivity index (χ2v) is 5.88. The summed E-state index contributed by atoms with van der Waals surface area (Å²) in [4.78, 5) is 0. The van der Waals surface area contributed by atoms with Crippen LogP contribution >= 0.6 is 0 Å². The monoisotopic (exact) mass is 211 g/mol. The first kappa shape index (κ1) is 13.0. The maximum absolute atomic E-state index is 3.54. The minimum atomic E-state index is 0.791. The zero-order chi connectivity index (χ0) is 11.1. The van der Waals surface area contributed by atoms with Crippen molar-refractivity contribution in [1.82, 2.24) is 5.32 Å². The smallest absolute Gasteiger partial charge is 0.00258 e. The summed E-state index contributed by atoms with van der Waals surface area (Å²) in [6.07, 6.45) is 8.77. The van der Waals surface area contributed by atoms with E-state index in [1.54, 1.807) is 0 Å².